The van der Waals surface area contributed by atoms with Gasteiger partial charge in [-0.2, -0.15) is 0 Å². The number of carbonyl (C=O) groups excluding carboxylic acids is 1. The SMILES string of the molecule is COc1cccc(OC)c1-n1c(-c2ccco2)nnc1N(CC[Si](C)(C)C)S(=O)(=O)CCN1C(=O)OCC[C@H]1C. The molecule has 12 nitrogen and oxygen atoms in total. The van der Waals surface area contributed by atoms with Crippen molar-refractivity contribution in [3.8, 4) is 28.8 Å². The molecule has 0 saturated carbocycles. The average molecular weight is 592 g/mol. The Bertz CT molecular complexity index is 1400. The first-order valence-electron chi connectivity index (χ1n) is 13.1. The summed E-state index contributed by atoms with van der Waals surface area (Å²) in [5, 5.41) is 8.76. The second-order valence-electron chi connectivity index (χ2n) is 10.8. The second kappa shape index (κ2) is 11.9. The van der Waals surface area contributed by atoms with Gasteiger partial charge >= 0.3 is 6.09 Å². The molecule has 0 aliphatic carbocycles. The molecule has 14 heteroatoms. The van der Waals surface area contributed by atoms with Crippen LogP contribution in [0.1, 0.15) is 13.3 Å². The maximum Gasteiger partial charge on any atom is 0.410 e. The molecule has 1 aliphatic rings. The Morgan fingerprint density at radius 1 is 1.10 bits per heavy atom. The number of rotatable bonds is 12. The van der Waals surface area contributed by atoms with E-state index >= 15 is 0 Å². The highest BCUT2D eigenvalue weighted by Gasteiger charge is 2.35. The normalized spacial score (nSPS) is 16.1. The van der Waals surface area contributed by atoms with Crippen molar-refractivity contribution in [2.24, 2.45) is 0 Å². The molecule has 1 aromatic carbocycles. The Morgan fingerprint density at radius 2 is 1.80 bits per heavy atom. The lowest BCUT2D eigenvalue weighted by Crippen LogP contribution is -2.48. The van der Waals surface area contributed by atoms with Crippen molar-refractivity contribution in [1.29, 1.82) is 0 Å². The lowest BCUT2D eigenvalue weighted by molar-refractivity contribution is 0.0520. The minimum absolute atomic E-state index is 0.0110. The molecule has 2 aromatic heterocycles. The largest absolute Gasteiger partial charge is 0.494 e. The van der Waals surface area contributed by atoms with E-state index in [1.807, 2.05) is 6.92 Å². The summed E-state index contributed by atoms with van der Waals surface area (Å²) in [7, 11) is -2.66. The smallest absolute Gasteiger partial charge is 0.410 e. The van der Waals surface area contributed by atoms with Crippen LogP contribution in [-0.2, 0) is 14.8 Å². The number of benzene rings is 1. The van der Waals surface area contributed by atoms with Crippen LogP contribution in [0, 0.1) is 0 Å². The predicted octanol–water partition coefficient (Wildman–Crippen LogP) is 4.25. The summed E-state index contributed by atoms with van der Waals surface area (Å²) < 4.78 is 53.2. The molecule has 1 amide bonds. The van der Waals surface area contributed by atoms with Gasteiger partial charge in [-0.05, 0) is 37.2 Å². The molecule has 4 rings (SSSR count). The van der Waals surface area contributed by atoms with Crippen LogP contribution >= 0.6 is 0 Å². The molecule has 40 heavy (non-hydrogen) atoms. The van der Waals surface area contributed by atoms with E-state index in [-0.39, 0.29) is 36.7 Å². The topological polar surface area (TPSA) is 129 Å². The van der Waals surface area contributed by atoms with Gasteiger partial charge < -0.3 is 23.5 Å². The summed E-state index contributed by atoms with van der Waals surface area (Å²) in [4.78, 5) is 13.8. The van der Waals surface area contributed by atoms with E-state index in [1.54, 1.807) is 34.9 Å². The molecular weight excluding hydrogens is 554 g/mol. The first-order valence-corrected chi connectivity index (χ1v) is 18.4. The van der Waals surface area contributed by atoms with Gasteiger partial charge in [0.05, 0.1) is 32.8 Å². The number of amides is 1. The third-order valence-corrected chi connectivity index (χ3v) is 10.2. The molecule has 218 valence electrons. The fourth-order valence-electron chi connectivity index (χ4n) is 4.43. The third kappa shape index (κ3) is 6.27. The van der Waals surface area contributed by atoms with Crippen molar-refractivity contribution in [2.45, 2.75) is 45.1 Å². The van der Waals surface area contributed by atoms with Gasteiger partial charge in [0.1, 0.15) is 17.2 Å². The van der Waals surface area contributed by atoms with Crippen LogP contribution in [0.25, 0.3) is 17.3 Å². The van der Waals surface area contributed by atoms with E-state index in [9.17, 15) is 13.2 Å². The van der Waals surface area contributed by atoms with Crippen molar-refractivity contribution in [3.63, 3.8) is 0 Å². The summed E-state index contributed by atoms with van der Waals surface area (Å²) in [6, 6.07) is 9.24. The molecule has 0 radical (unpaired) electrons. The summed E-state index contributed by atoms with van der Waals surface area (Å²) in [6.07, 6.45) is 1.63. The lowest BCUT2D eigenvalue weighted by atomic mass is 10.2. The number of hydrogen-bond donors (Lipinski definition) is 0. The van der Waals surface area contributed by atoms with Crippen LogP contribution in [0.2, 0.25) is 25.7 Å². The van der Waals surface area contributed by atoms with Gasteiger partial charge in [-0.3, -0.25) is 4.57 Å². The number of ether oxygens (including phenoxy) is 3. The molecule has 1 atom stereocenters. The van der Waals surface area contributed by atoms with Crippen LogP contribution in [-0.4, -0.2) is 88.0 Å². The van der Waals surface area contributed by atoms with Crippen molar-refractivity contribution >= 4 is 30.1 Å². The minimum atomic E-state index is -4.00. The van der Waals surface area contributed by atoms with Crippen LogP contribution in [0.5, 0.6) is 11.5 Å². The molecule has 1 fully saturated rings. The Balaban J connectivity index is 1.86. The summed E-state index contributed by atoms with van der Waals surface area (Å²) in [5.41, 5.74) is 0.431. The highest BCUT2D eigenvalue weighted by molar-refractivity contribution is 7.92. The molecule has 0 bridgehead atoms. The van der Waals surface area contributed by atoms with E-state index in [0.717, 1.165) is 0 Å². The molecule has 3 aromatic rings. The first kappa shape index (κ1) is 29.5. The molecule has 1 saturated heterocycles. The minimum Gasteiger partial charge on any atom is -0.494 e. The zero-order chi connectivity index (χ0) is 29.1. The number of cyclic esters (lactones) is 1. The predicted molar refractivity (Wildman–Crippen MR) is 154 cm³/mol. The zero-order valence-corrected chi connectivity index (χ0v) is 25.6. The van der Waals surface area contributed by atoms with E-state index in [0.29, 0.717) is 42.0 Å². The van der Waals surface area contributed by atoms with Gasteiger partial charge in [0, 0.05) is 33.6 Å². The Hall–Kier alpha value is -3.52. The Kier molecular flexibility index (Phi) is 8.78. The first-order chi connectivity index (χ1) is 19.0. The Labute approximate surface area is 235 Å². The van der Waals surface area contributed by atoms with Gasteiger partial charge in [0.25, 0.3) is 0 Å². The van der Waals surface area contributed by atoms with Crippen molar-refractivity contribution in [1.82, 2.24) is 19.7 Å². The number of anilines is 1. The summed E-state index contributed by atoms with van der Waals surface area (Å²) >= 11 is 0. The van der Waals surface area contributed by atoms with Gasteiger partial charge in [0.2, 0.25) is 21.8 Å². The standard InChI is InChI=1S/C26H37N5O7SSi/c1-19-12-16-38-26(32)29(19)13-17-39(33,34)30(14-18-40(4,5)6)25-28-27-24(22-11-8-15-37-22)31(25)23-20(35-2)9-7-10-21(23)36-3/h7-11,15,19H,12-14,16-18H2,1-6H3/t19-/m1/s1. The molecule has 0 spiro atoms. The van der Waals surface area contributed by atoms with Crippen molar-refractivity contribution in [2.75, 3.05) is 44.0 Å². The molecule has 0 unspecified atom stereocenters. The lowest BCUT2D eigenvalue weighted by Gasteiger charge is -2.33. The third-order valence-electron chi connectivity index (χ3n) is 6.75. The summed E-state index contributed by atoms with van der Waals surface area (Å²) in [5.74, 6) is 1.29. The van der Waals surface area contributed by atoms with Crippen LogP contribution in [0.4, 0.5) is 10.7 Å². The quantitative estimate of drug-likeness (QED) is 0.284. The van der Waals surface area contributed by atoms with E-state index in [4.69, 9.17) is 18.6 Å². The number of hydrogen-bond acceptors (Lipinski definition) is 9. The maximum atomic E-state index is 14.1. The van der Waals surface area contributed by atoms with E-state index < -0.39 is 24.2 Å². The van der Waals surface area contributed by atoms with Gasteiger partial charge in [0.15, 0.2) is 5.76 Å². The van der Waals surface area contributed by atoms with Crippen LogP contribution in [0.3, 0.4) is 0 Å². The van der Waals surface area contributed by atoms with E-state index in [1.165, 1.54) is 29.7 Å². The highest BCUT2D eigenvalue weighted by Crippen LogP contribution is 2.39. The molecule has 3 heterocycles. The fourth-order valence-corrected chi connectivity index (χ4v) is 6.87. The number of carbonyl (C=O) groups is 1. The van der Waals surface area contributed by atoms with Gasteiger partial charge in [-0.1, -0.05) is 25.7 Å². The number of methoxy groups -OCH3 is 2. The molecule has 0 N–H and O–H groups in total. The number of aromatic nitrogens is 3. The monoisotopic (exact) mass is 591 g/mol. The summed E-state index contributed by atoms with van der Waals surface area (Å²) in [6.45, 7) is 8.90. The maximum absolute atomic E-state index is 14.1. The van der Waals surface area contributed by atoms with E-state index in [2.05, 4.69) is 29.8 Å². The van der Waals surface area contributed by atoms with Crippen molar-refractivity contribution < 1.29 is 31.8 Å². The Morgan fingerprint density at radius 3 is 2.38 bits per heavy atom. The fraction of sp³-hybridized carbons (Fsp3) is 0.500. The number of sulfonamides is 1. The average Bonchev–Trinajstić information content (AvgIpc) is 3.57. The highest BCUT2D eigenvalue weighted by atomic mass is 32.2. The number of nitrogens with zero attached hydrogens (tertiary/aromatic N) is 5. The molecular formula is C26H37N5O7SSi. The number of furan rings is 1. The second-order valence-corrected chi connectivity index (χ2v) is 18.4. The van der Waals surface area contributed by atoms with Crippen LogP contribution in [0.15, 0.2) is 41.0 Å². The zero-order valence-electron chi connectivity index (χ0n) is 23.8. The van der Waals surface area contributed by atoms with Crippen LogP contribution < -0.4 is 13.8 Å². The van der Waals surface area contributed by atoms with Gasteiger partial charge in [-0.25, -0.2) is 17.5 Å². The molecule has 1 aliphatic heterocycles. The van der Waals surface area contributed by atoms with Crippen molar-refractivity contribution in [3.05, 3.63) is 36.6 Å². The van der Waals surface area contributed by atoms with Gasteiger partial charge in [-0.15, -0.1) is 10.2 Å². The number of para-hydroxylation sites is 1.